The molecule has 2 fully saturated rings. The van der Waals surface area contributed by atoms with Crippen LogP contribution >= 0.6 is 0 Å². The Hall–Kier alpha value is -0.570. The molecule has 18 heavy (non-hydrogen) atoms. The van der Waals surface area contributed by atoms with Gasteiger partial charge in [-0.05, 0) is 38.5 Å². The molecular formula is C15H28N2O. The van der Waals surface area contributed by atoms with Crippen LogP contribution < -0.4 is 10.6 Å². The zero-order chi connectivity index (χ0) is 13.1. The van der Waals surface area contributed by atoms with Gasteiger partial charge in [0.25, 0.3) is 0 Å². The van der Waals surface area contributed by atoms with Crippen molar-refractivity contribution in [1.82, 2.24) is 10.6 Å². The maximum absolute atomic E-state index is 12.2. The summed E-state index contributed by atoms with van der Waals surface area (Å²) < 4.78 is 0. The van der Waals surface area contributed by atoms with Crippen LogP contribution in [0, 0.1) is 11.8 Å². The van der Waals surface area contributed by atoms with Crippen LogP contribution in [-0.2, 0) is 4.79 Å². The molecule has 2 bridgehead atoms. The molecule has 3 heteroatoms. The second-order valence-electron chi connectivity index (χ2n) is 6.62. The molecule has 2 aliphatic rings. The lowest BCUT2D eigenvalue weighted by molar-refractivity contribution is -0.126. The van der Waals surface area contributed by atoms with Crippen molar-refractivity contribution in [1.29, 1.82) is 0 Å². The van der Waals surface area contributed by atoms with Crippen molar-refractivity contribution in [2.75, 3.05) is 0 Å². The van der Waals surface area contributed by atoms with Crippen molar-refractivity contribution in [2.45, 2.75) is 77.4 Å². The lowest BCUT2D eigenvalue weighted by atomic mass is 9.88. The summed E-state index contributed by atoms with van der Waals surface area (Å²) in [5.74, 6) is 1.28. The molecule has 0 aromatic rings. The zero-order valence-corrected chi connectivity index (χ0v) is 12.0. The number of carbonyl (C=O) groups excluding carboxylic acids is 1. The van der Waals surface area contributed by atoms with Gasteiger partial charge in [0.1, 0.15) is 0 Å². The molecule has 0 aliphatic carbocycles. The van der Waals surface area contributed by atoms with Gasteiger partial charge in [-0.3, -0.25) is 4.79 Å². The Morgan fingerprint density at radius 1 is 1.28 bits per heavy atom. The SMILES string of the molecule is CC(C)CCCC(C)NC(=O)C1CC2CCC1N2. The average Bonchev–Trinajstić information content (AvgIpc) is 2.89. The van der Waals surface area contributed by atoms with Crippen molar-refractivity contribution in [3.63, 3.8) is 0 Å². The molecule has 2 rings (SSSR count). The van der Waals surface area contributed by atoms with Gasteiger partial charge in [-0.1, -0.05) is 26.7 Å². The van der Waals surface area contributed by atoms with Crippen LogP contribution in [0.3, 0.4) is 0 Å². The van der Waals surface area contributed by atoms with E-state index < -0.39 is 0 Å². The monoisotopic (exact) mass is 252 g/mol. The van der Waals surface area contributed by atoms with E-state index in [1.807, 2.05) is 0 Å². The fourth-order valence-electron chi connectivity index (χ4n) is 3.37. The minimum atomic E-state index is 0.233. The van der Waals surface area contributed by atoms with Crippen LogP contribution in [0.25, 0.3) is 0 Å². The summed E-state index contributed by atoms with van der Waals surface area (Å²) >= 11 is 0. The molecule has 2 saturated heterocycles. The fraction of sp³-hybridized carbons (Fsp3) is 0.933. The van der Waals surface area contributed by atoms with E-state index in [4.69, 9.17) is 0 Å². The van der Waals surface area contributed by atoms with Gasteiger partial charge in [-0.25, -0.2) is 0 Å². The smallest absolute Gasteiger partial charge is 0.224 e. The van der Waals surface area contributed by atoms with Crippen molar-refractivity contribution < 1.29 is 4.79 Å². The van der Waals surface area contributed by atoms with E-state index in [2.05, 4.69) is 31.4 Å². The van der Waals surface area contributed by atoms with Crippen LogP contribution in [0.4, 0.5) is 0 Å². The van der Waals surface area contributed by atoms with E-state index in [9.17, 15) is 4.79 Å². The first-order valence-corrected chi connectivity index (χ1v) is 7.62. The summed E-state index contributed by atoms with van der Waals surface area (Å²) in [6.07, 6.45) is 7.08. The van der Waals surface area contributed by atoms with Crippen molar-refractivity contribution in [3.05, 3.63) is 0 Å². The van der Waals surface area contributed by atoms with E-state index >= 15 is 0 Å². The molecule has 4 atom stereocenters. The summed E-state index contributed by atoms with van der Waals surface area (Å²) in [6.45, 7) is 6.65. The van der Waals surface area contributed by atoms with Gasteiger partial charge in [-0.2, -0.15) is 0 Å². The van der Waals surface area contributed by atoms with E-state index in [-0.39, 0.29) is 11.8 Å². The Balaban J connectivity index is 1.67. The highest BCUT2D eigenvalue weighted by atomic mass is 16.2. The Labute approximate surface area is 111 Å². The molecule has 2 aliphatic heterocycles. The third kappa shape index (κ3) is 3.47. The summed E-state index contributed by atoms with van der Waals surface area (Å²) in [5, 5.41) is 6.73. The van der Waals surface area contributed by atoms with Crippen molar-refractivity contribution >= 4 is 5.91 Å². The highest BCUT2D eigenvalue weighted by Gasteiger charge is 2.42. The second kappa shape index (κ2) is 6.05. The van der Waals surface area contributed by atoms with Gasteiger partial charge in [0.2, 0.25) is 5.91 Å². The molecule has 4 unspecified atom stereocenters. The lowest BCUT2D eigenvalue weighted by Crippen LogP contribution is -2.41. The van der Waals surface area contributed by atoms with Crippen molar-refractivity contribution in [2.24, 2.45) is 11.8 Å². The fourth-order valence-corrected chi connectivity index (χ4v) is 3.37. The molecule has 0 saturated carbocycles. The second-order valence-corrected chi connectivity index (χ2v) is 6.62. The molecule has 0 aromatic carbocycles. The first-order chi connectivity index (χ1) is 8.56. The van der Waals surface area contributed by atoms with Gasteiger partial charge < -0.3 is 10.6 Å². The third-order valence-corrected chi connectivity index (χ3v) is 4.44. The van der Waals surface area contributed by atoms with Gasteiger partial charge in [0.05, 0.1) is 5.92 Å². The number of hydrogen-bond donors (Lipinski definition) is 2. The topological polar surface area (TPSA) is 41.1 Å². The lowest BCUT2D eigenvalue weighted by Gasteiger charge is -2.22. The minimum absolute atomic E-state index is 0.233. The highest BCUT2D eigenvalue weighted by Crippen LogP contribution is 2.33. The molecule has 2 N–H and O–H groups in total. The van der Waals surface area contributed by atoms with Gasteiger partial charge >= 0.3 is 0 Å². The average molecular weight is 252 g/mol. The molecule has 2 heterocycles. The summed E-state index contributed by atoms with van der Waals surface area (Å²) in [6, 6.07) is 1.40. The van der Waals surface area contributed by atoms with Gasteiger partial charge in [0, 0.05) is 18.1 Å². The van der Waals surface area contributed by atoms with Crippen molar-refractivity contribution in [3.8, 4) is 0 Å². The normalized spacial score (nSPS) is 31.9. The van der Waals surface area contributed by atoms with Crippen LogP contribution in [0.15, 0.2) is 0 Å². The van der Waals surface area contributed by atoms with E-state index in [0.29, 0.717) is 18.1 Å². The van der Waals surface area contributed by atoms with Crippen LogP contribution in [0.2, 0.25) is 0 Å². The quantitative estimate of drug-likeness (QED) is 0.762. The molecular weight excluding hydrogens is 224 g/mol. The van der Waals surface area contributed by atoms with Crippen LogP contribution in [0.5, 0.6) is 0 Å². The van der Waals surface area contributed by atoms with E-state index in [1.54, 1.807) is 0 Å². The van der Waals surface area contributed by atoms with Gasteiger partial charge in [-0.15, -0.1) is 0 Å². The van der Waals surface area contributed by atoms with Gasteiger partial charge in [0.15, 0.2) is 0 Å². The molecule has 104 valence electrons. The summed E-state index contributed by atoms with van der Waals surface area (Å²) in [7, 11) is 0. The Morgan fingerprint density at radius 2 is 2.06 bits per heavy atom. The Morgan fingerprint density at radius 3 is 2.61 bits per heavy atom. The Kier molecular flexibility index (Phi) is 4.66. The number of fused-ring (bicyclic) bond motifs is 2. The number of amides is 1. The predicted molar refractivity (Wildman–Crippen MR) is 74.3 cm³/mol. The van der Waals surface area contributed by atoms with Crippen LogP contribution in [-0.4, -0.2) is 24.0 Å². The standard InChI is InChI=1S/C15H28N2O/c1-10(2)5-4-6-11(3)16-15(18)13-9-12-7-8-14(13)17-12/h10-14,17H,4-9H2,1-3H3,(H,16,18). The minimum Gasteiger partial charge on any atom is -0.353 e. The summed E-state index contributed by atoms with van der Waals surface area (Å²) in [4.78, 5) is 12.2. The molecule has 0 radical (unpaired) electrons. The number of nitrogens with one attached hydrogen (secondary N) is 2. The Bertz CT molecular complexity index is 290. The maximum Gasteiger partial charge on any atom is 0.224 e. The maximum atomic E-state index is 12.2. The molecule has 0 aromatic heterocycles. The number of hydrogen-bond acceptors (Lipinski definition) is 2. The molecule has 1 amide bonds. The largest absolute Gasteiger partial charge is 0.353 e. The third-order valence-electron chi connectivity index (χ3n) is 4.44. The summed E-state index contributed by atoms with van der Waals surface area (Å²) in [5.41, 5.74) is 0. The van der Waals surface area contributed by atoms with Crippen LogP contribution in [0.1, 0.15) is 59.3 Å². The molecule has 3 nitrogen and oxygen atoms in total. The molecule has 0 spiro atoms. The first-order valence-electron chi connectivity index (χ1n) is 7.62. The predicted octanol–water partition coefficient (Wildman–Crippen LogP) is 2.46. The first kappa shape index (κ1) is 13.9. The van der Waals surface area contributed by atoms with E-state index in [1.165, 1.54) is 25.7 Å². The zero-order valence-electron chi connectivity index (χ0n) is 12.0. The number of rotatable bonds is 6. The van der Waals surface area contributed by atoms with E-state index in [0.717, 1.165) is 18.8 Å². The highest BCUT2D eigenvalue weighted by molar-refractivity contribution is 5.80. The number of carbonyl (C=O) groups is 1.